The number of aryl methyl sites for hydroxylation is 1. The molecule has 0 saturated carbocycles. The van der Waals surface area contributed by atoms with Gasteiger partial charge in [0.05, 0.1) is 14.2 Å². The Kier molecular flexibility index (Phi) is 5.06. The molecule has 0 aliphatic carbocycles. The number of carbonyl (C=O) groups excluding carboxylic acids is 1. The Labute approximate surface area is 137 Å². The lowest BCUT2D eigenvalue weighted by atomic mass is 10.1. The van der Waals surface area contributed by atoms with Crippen molar-refractivity contribution in [1.29, 1.82) is 0 Å². The number of amides is 1. The standard InChI is InChI=1S/C16H16INO3/c1-10-4-5-11(6-15(10)17)16(19)18-12-7-13(20-2)9-14(8-12)21-3/h4-9H,1-3H3,(H,18,19). The lowest BCUT2D eigenvalue weighted by Gasteiger charge is -2.10. The topological polar surface area (TPSA) is 47.6 Å². The minimum absolute atomic E-state index is 0.164. The summed E-state index contributed by atoms with van der Waals surface area (Å²) in [4.78, 5) is 12.3. The maximum Gasteiger partial charge on any atom is 0.255 e. The normalized spacial score (nSPS) is 10.1. The fraction of sp³-hybridized carbons (Fsp3) is 0.188. The number of rotatable bonds is 4. The summed E-state index contributed by atoms with van der Waals surface area (Å²) in [5.41, 5.74) is 2.40. The van der Waals surface area contributed by atoms with E-state index >= 15 is 0 Å². The lowest BCUT2D eigenvalue weighted by Crippen LogP contribution is -2.12. The van der Waals surface area contributed by atoms with Gasteiger partial charge in [0.2, 0.25) is 0 Å². The van der Waals surface area contributed by atoms with E-state index in [1.165, 1.54) is 0 Å². The summed E-state index contributed by atoms with van der Waals surface area (Å²) in [5.74, 6) is 1.09. The molecule has 2 aromatic carbocycles. The van der Waals surface area contributed by atoms with Gasteiger partial charge in [0.25, 0.3) is 5.91 Å². The molecule has 0 fully saturated rings. The number of benzene rings is 2. The largest absolute Gasteiger partial charge is 0.497 e. The van der Waals surface area contributed by atoms with Gasteiger partial charge in [0, 0.05) is 33.0 Å². The Bertz CT molecular complexity index is 648. The van der Waals surface area contributed by atoms with E-state index in [1.54, 1.807) is 32.4 Å². The van der Waals surface area contributed by atoms with Crippen molar-refractivity contribution in [3.8, 4) is 11.5 Å². The van der Waals surface area contributed by atoms with Crippen molar-refractivity contribution < 1.29 is 14.3 Å². The highest BCUT2D eigenvalue weighted by Crippen LogP contribution is 2.26. The zero-order valence-electron chi connectivity index (χ0n) is 12.1. The molecule has 0 unspecified atom stereocenters. The SMILES string of the molecule is COc1cc(NC(=O)c2ccc(C)c(I)c2)cc(OC)c1. The van der Waals surface area contributed by atoms with E-state index in [9.17, 15) is 4.79 Å². The van der Waals surface area contributed by atoms with Crippen molar-refractivity contribution in [3.05, 3.63) is 51.1 Å². The van der Waals surface area contributed by atoms with Crippen LogP contribution in [0.15, 0.2) is 36.4 Å². The highest BCUT2D eigenvalue weighted by molar-refractivity contribution is 14.1. The van der Waals surface area contributed by atoms with Gasteiger partial charge in [-0.15, -0.1) is 0 Å². The van der Waals surface area contributed by atoms with Crippen LogP contribution in [0, 0.1) is 10.5 Å². The van der Waals surface area contributed by atoms with Crippen molar-refractivity contribution in [1.82, 2.24) is 0 Å². The molecule has 0 aromatic heterocycles. The average Bonchev–Trinajstić information content (AvgIpc) is 2.49. The molecule has 4 nitrogen and oxygen atoms in total. The Morgan fingerprint density at radius 1 is 1.05 bits per heavy atom. The van der Waals surface area contributed by atoms with Gasteiger partial charge in [-0.1, -0.05) is 6.07 Å². The van der Waals surface area contributed by atoms with Crippen LogP contribution in [-0.4, -0.2) is 20.1 Å². The molecule has 110 valence electrons. The smallest absolute Gasteiger partial charge is 0.255 e. The first kappa shape index (κ1) is 15.6. The Morgan fingerprint density at radius 2 is 1.67 bits per heavy atom. The van der Waals surface area contributed by atoms with E-state index in [4.69, 9.17) is 9.47 Å². The van der Waals surface area contributed by atoms with E-state index in [0.717, 1.165) is 9.13 Å². The number of hydrogen-bond donors (Lipinski definition) is 1. The van der Waals surface area contributed by atoms with E-state index in [0.29, 0.717) is 22.7 Å². The number of halogens is 1. The summed E-state index contributed by atoms with van der Waals surface area (Å²) in [5, 5.41) is 2.85. The summed E-state index contributed by atoms with van der Waals surface area (Å²) in [6.07, 6.45) is 0. The maximum atomic E-state index is 12.3. The first-order valence-corrected chi connectivity index (χ1v) is 7.42. The van der Waals surface area contributed by atoms with Gasteiger partial charge in [0.15, 0.2) is 0 Å². The molecule has 0 radical (unpaired) electrons. The fourth-order valence-electron chi connectivity index (χ4n) is 1.82. The van der Waals surface area contributed by atoms with Crippen molar-refractivity contribution in [2.75, 3.05) is 19.5 Å². The number of anilines is 1. The molecular formula is C16H16INO3. The van der Waals surface area contributed by atoms with Crippen molar-refractivity contribution in [3.63, 3.8) is 0 Å². The Hall–Kier alpha value is -1.76. The second kappa shape index (κ2) is 6.80. The highest BCUT2D eigenvalue weighted by atomic mass is 127. The molecule has 0 saturated heterocycles. The predicted octanol–water partition coefficient (Wildman–Crippen LogP) is 3.87. The first-order chi connectivity index (χ1) is 10.0. The number of carbonyl (C=O) groups is 1. The van der Waals surface area contributed by atoms with E-state index in [1.807, 2.05) is 25.1 Å². The molecular weight excluding hydrogens is 381 g/mol. The summed E-state index contributed by atoms with van der Waals surface area (Å²) in [7, 11) is 3.14. The van der Waals surface area contributed by atoms with E-state index in [-0.39, 0.29) is 5.91 Å². The van der Waals surface area contributed by atoms with Gasteiger partial charge in [-0.05, 0) is 47.2 Å². The number of methoxy groups -OCH3 is 2. The maximum absolute atomic E-state index is 12.3. The Morgan fingerprint density at radius 3 is 2.19 bits per heavy atom. The Balaban J connectivity index is 2.24. The zero-order chi connectivity index (χ0) is 15.4. The first-order valence-electron chi connectivity index (χ1n) is 6.34. The van der Waals surface area contributed by atoms with Crippen LogP contribution in [0.1, 0.15) is 15.9 Å². The summed E-state index contributed by atoms with van der Waals surface area (Å²) in [6, 6.07) is 10.9. The molecule has 0 aliphatic heterocycles. The van der Waals surface area contributed by atoms with Crippen molar-refractivity contribution >= 4 is 34.2 Å². The highest BCUT2D eigenvalue weighted by Gasteiger charge is 2.09. The van der Waals surface area contributed by atoms with Gasteiger partial charge < -0.3 is 14.8 Å². The van der Waals surface area contributed by atoms with Gasteiger partial charge >= 0.3 is 0 Å². The van der Waals surface area contributed by atoms with E-state index in [2.05, 4.69) is 27.9 Å². The molecule has 0 bridgehead atoms. The summed E-state index contributed by atoms with van der Waals surface area (Å²) >= 11 is 2.22. The van der Waals surface area contributed by atoms with Crippen LogP contribution < -0.4 is 14.8 Å². The van der Waals surface area contributed by atoms with Crippen LogP contribution in [0.3, 0.4) is 0 Å². The molecule has 0 aliphatic rings. The molecule has 21 heavy (non-hydrogen) atoms. The molecule has 5 heteroatoms. The zero-order valence-corrected chi connectivity index (χ0v) is 14.2. The second-order valence-electron chi connectivity index (χ2n) is 4.52. The molecule has 0 heterocycles. The third-order valence-electron chi connectivity index (χ3n) is 3.04. The molecule has 1 N–H and O–H groups in total. The van der Waals surface area contributed by atoms with Crippen LogP contribution in [0.25, 0.3) is 0 Å². The van der Waals surface area contributed by atoms with Crippen LogP contribution in [0.5, 0.6) is 11.5 Å². The van der Waals surface area contributed by atoms with Crippen LogP contribution >= 0.6 is 22.6 Å². The minimum Gasteiger partial charge on any atom is -0.497 e. The van der Waals surface area contributed by atoms with Gasteiger partial charge in [-0.2, -0.15) is 0 Å². The molecule has 2 aromatic rings. The number of ether oxygens (including phenoxy) is 2. The third kappa shape index (κ3) is 3.87. The molecule has 0 atom stereocenters. The van der Waals surface area contributed by atoms with E-state index < -0.39 is 0 Å². The van der Waals surface area contributed by atoms with Gasteiger partial charge in [0.1, 0.15) is 11.5 Å². The van der Waals surface area contributed by atoms with Crippen LogP contribution in [0.2, 0.25) is 0 Å². The summed E-state index contributed by atoms with van der Waals surface area (Å²) < 4.78 is 11.4. The van der Waals surface area contributed by atoms with Crippen LogP contribution in [0.4, 0.5) is 5.69 Å². The van der Waals surface area contributed by atoms with Crippen LogP contribution in [-0.2, 0) is 0 Å². The monoisotopic (exact) mass is 397 g/mol. The molecule has 2 rings (SSSR count). The number of hydrogen-bond acceptors (Lipinski definition) is 3. The molecule has 1 amide bonds. The quantitative estimate of drug-likeness (QED) is 0.797. The number of nitrogens with one attached hydrogen (secondary N) is 1. The average molecular weight is 397 g/mol. The van der Waals surface area contributed by atoms with Gasteiger partial charge in [-0.25, -0.2) is 0 Å². The predicted molar refractivity (Wildman–Crippen MR) is 91.4 cm³/mol. The summed E-state index contributed by atoms with van der Waals surface area (Å²) in [6.45, 7) is 2.01. The molecule has 0 spiro atoms. The van der Waals surface area contributed by atoms with Crippen molar-refractivity contribution in [2.45, 2.75) is 6.92 Å². The van der Waals surface area contributed by atoms with Gasteiger partial charge in [-0.3, -0.25) is 4.79 Å². The minimum atomic E-state index is -0.164. The second-order valence-corrected chi connectivity index (χ2v) is 5.68. The fourth-order valence-corrected chi connectivity index (χ4v) is 2.33. The third-order valence-corrected chi connectivity index (χ3v) is 4.21. The lowest BCUT2D eigenvalue weighted by molar-refractivity contribution is 0.102. The van der Waals surface area contributed by atoms with Crippen molar-refractivity contribution in [2.24, 2.45) is 0 Å².